The summed E-state index contributed by atoms with van der Waals surface area (Å²) in [5.41, 5.74) is 3.53. The third-order valence-electron chi connectivity index (χ3n) is 4.76. The molecule has 2 aliphatic rings. The Morgan fingerprint density at radius 1 is 1.33 bits per heavy atom. The summed E-state index contributed by atoms with van der Waals surface area (Å²) in [4.78, 5) is 22.8. The highest BCUT2D eigenvalue weighted by Crippen LogP contribution is 2.24. The smallest absolute Gasteiger partial charge is 0.234 e. The van der Waals surface area contributed by atoms with Crippen LogP contribution in [0.5, 0.6) is 5.88 Å². The first-order valence-corrected chi connectivity index (χ1v) is 8.80. The van der Waals surface area contributed by atoms with Crippen molar-refractivity contribution >= 4 is 5.91 Å². The lowest BCUT2D eigenvalue weighted by molar-refractivity contribution is -0.122. The van der Waals surface area contributed by atoms with E-state index in [9.17, 15) is 4.79 Å². The van der Waals surface area contributed by atoms with Crippen molar-refractivity contribution in [1.82, 2.24) is 20.2 Å². The first-order chi connectivity index (χ1) is 11.8. The Bertz CT molecular complexity index is 601. The maximum Gasteiger partial charge on any atom is 0.234 e. The molecule has 0 unspecified atom stereocenters. The first kappa shape index (κ1) is 16.9. The van der Waals surface area contributed by atoms with Gasteiger partial charge >= 0.3 is 0 Å². The van der Waals surface area contributed by atoms with Crippen molar-refractivity contribution < 1.29 is 9.53 Å². The molecule has 130 valence electrons. The van der Waals surface area contributed by atoms with Gasteiger partial charge in [0.2, 0.25) is 11.8 Å². The molecule has 0 radical (unpaired) electrons. The highest BCUT2D eigenvalue weighted by Gasteiger charge is 2.22. The van der Waals surface area contributed by atoms with Gasteiger partial charge in [-0.25, -0.2) is 9.97 Å². The lowest BCUT2D eigenvalue weighted by Gasteiger charge is -2.28. The number of rotatable bonds is 6. The number of aromatic nitrogens is 2. The van der Waals surface area contributed by atoms with E-state index in [1.54, 1.807) is 13.4 Å². The van der Waals surface area contributed by atoms with Crippen LogP contribution in [0.4, 0.5) is 0 Å². The fourth-order valence-corrected chi connectivity index (χ4v) is 3.44. The van der Waals surface area contributed by atoms with Crippen molar-refractivity contribution in [2.24, 2.45) is 0 Å². The largest absolute Gasteiger partial charge is 0.481 e. The van der Waals surface area contributed by atoms with Crippen molar-refractivity contribution in [3.8, 4) is 5.88 Å². The molecule has 0 bridgehead atoms. The molecule has 6 heteroatoms. The van der Waals surface area contributed by atoms with Gasteiger partial charge in [0.05, 0.1) is 19.3 Å². The summed E-state index contributed by atoms with van der Waals surface area (Å²) in [7, 11) is 1.62. The summed E-state index contributed by atoms with van der Waals surface area (Å²) in [6.45, 7) is 2.65. The summed E-state index contributed by atoms with van der Waals surface area (Å²) < 4.78 is 5.31. The topological polar surface area (TPSA) is 67.4 Å². The van der Waals surface area contributed by atoms with Crippen molar-refractivity contribution in [1.29, 1.82) is 0 Å². The van der Waals surface area contributed by atoms with Crippen LogP contribution in [-0.2, 0) is 17.8 Å². The number of amides is 1. The molecule has 24 heavy (non-hydrogen) atoms. The Hall–Kier alpha value is -1.95. The molecule has 1 aliphatic heterocycles. The highest BCUT2D eigenvalue weighted by atomic mass is 16.5. The van der Waals surface area contributed by atoms with Crippen LogP contribution in [0.2, 0.25) is 0 Å². The van der Waals surface area contributed by atoms with E-state index in [1.165, 1.54) is 31.3 Å². The second kappa shape index (κ2) is 8.24. The minimum absolute atomic E-state index is 0.0886. The van der Waals surface area contributed by atoms with E-state index in [-0.39, 0.29) is 5.91 Å². The molecule has 0 aromatic carbocycles. The summed E-state index contributed by atoms with van der Waals surface area (Å²) in [6.07, 6.45) is 10.7. The van der Waals surface area contributed by atoms with Crippen LogP contribution in [0.25, 0.3) is 0 Å². The second-order valence-electron chi connectivity index (χ2n) is 6.48. The zero-order valence-corrected chi connectivity index (χ0v) is 14.4. The Morgan fingerprint density at radius 3 is 3.04 bits per heavy atom. The van der Waals surface area contributed by atoms with E-state index in [1.807, 2.05) is 0 Å². The van der Waals surface area contributed by atoms with E-state index >= 15 is 0 Å². The normalized spacial score (nSPS) is 17.8. The molecule has 0 spiro atoms. The molecule has 6 nitrogen and oxygen atoms in total. The van der Waals surface area contributed by atoms with E-state index < -0.39 is 0 Å². The van der Waals surface area contributed by atoms with E-state index in [4.69, 9.17) is 4.74 Å². The quantitative estimate of drug-likeness (QED) is 0.806. The fourth-order valence-electron chi connectivity index (χ4n) is 3.44. The van der Waals surface area contributed by atoms with Crippen LogP contribution in [0, 0.1) is 0 Å². The van der Waals surface area contributed by atoms with E-state index in [0.717, 1.165) is 37.2 Å². The standard InChI is InChI=1S/C18H26N4O2/c1-24-18-15-11-22(10-8-16(15)20-13-21-18)12-17(23)19-9-7-14-5-3-2-4-6-14/h5,13H,2-4,6-12H2,1H3,(H,19,23). The number of allylic oxidation sites excluding steroid dienone is 1. The van der Waals surface area contributed by atoms with Crippen LogP contribution in [0.3, 0.4) is 0 Å². The van der Waals surface area contributed by atoms with Crippen molar-refractivity contribution in [3.63, 3.8) is 0 Å². The Morgan fingerprint density at radius 2 is 2.25 bits per heavy atom. The van der Waals surface area contributed by atoms with Crippen LogP contribution >= 0.6 is 0 Å². The third kappa shape index (κ3) is 4.32. The van der Waals surface area contributed by atoms with Gasteiger partial charge in [-0.15, -0.1) is 0 Å². The summed E-state index contributed by atoms with van der Waals surface area (Å²) in [5.74, 6) is 0.708. The lowest BCUT2D eigenvalue weighted by atomic mass is 9.97. The first-order valence-electron chi connectivity index (χ1n) is 8.80. The molecule has 1 N–H and O–H groups in total. The molecule has 1 aromatic heterocycles. The molecule has 1 aromatic rings. The van der Waals surface area contributed by atoms with Crippen molar-refractivity contribution in [2.75, 3.05) is 26.7 Å². The Kier molecular flexibility index (Phi) is 5.80. The number of hydrogen-bond acceptors (Lipinski definition) is 5. The van der Waals surface area contributed by atoms with Gasteiger partial charge in [0, 0.05) is 31.6 Å². The van der Waals surface area contributed by atoms with Crippen LogP contribution in [0.1, 0.15) is 43.4 Å². The van der Waals surface area contributed by atoms with Crippen LogP contribution in [-0.4, -0.2) is 47.5 Å². The average molecular weight is 330 g/mol. The molecule has 3 rings (SSSR count). The van der Waals surface area contributed by atoms with E-state index in [2.05, 4.69) is 26.3 Å². The van der Waals surface area contributed by atoms with Gasteiger partial charge in [-0.3, -0.25) is 9.69 Å². The average Bonchev–Trinajstić information content (AvgIpc) is 2.62. The molecule has 1 amide bonds. The number of carbonyl (C=O) groups excluding carboxylic acids is 1. The molecule has 0 saturated carbocycles. The number of ether oxygens (including phenoxy) is 1. The molecule has 0 saturated heterocycles. The second-order valence-corrected chi connectivity index (χ2v) is 6.48. The SMILES string of the molecule is COc1ncnc2c1CN(CC(=O)NCCC1=CCCCC1)CC2. The Balaban J connectivity index is 1.46. The number of fused-ring (bicyclic) bond motifs is 1. The minimum Gasteiger partial charge on any atom is -0.481 e. The summed E-state index contributed by atoms with van der Waals surface area (Å²) in [5, 5.41) is 3.05. The molecule has 1 aliphatic carbocycles. The van der Waals surface area contributed by atoms with Gasteiger partial charge in [0.1, 0.15) is 6.33 Å². The molecular weight excluding hydrogens is 304 g/mol. The summed E-state index contributed by atoms with van der Waals surface area (Å²) in [6, 6.07) is 0. The lowest BCUT2D eigenvalue weighted by Crippen LogP contribution is -2.40. The van der Waals surface area contributed by atoms with Gasteiger partial charge in [0.15, 0.2) is 0 Å². The fraction of sp³-hybridized carbons (Fsp3) is 0.611. The predicted molar refractivity (Wildman–Crippen MR) is 91.7 cm³/mol. The van der Waals surface area contributed by atoms with Gasteiger partial charge in [-0.1, -0.05) is 11.6 Å². The third-order valence-corrected chi connectivity index (χ3v) is 4.76. The van der Waals surface area contributed by atoms with Gasteiger partial charge < -0.3 is 10.1 Å². The number of methoxy groups -OCH3 is 1. The predicted octanol–water partition coefficient (Wildman–Crippen LogP) is 1.85. The number of nitrogens with zero attached hydrogens (tertiary/aromatic N) is 3. The van der Waals surface area contributed by atoms with Crippen LogP contribution in [0.15, 0.2) is 18.0 Å². The minimum atomic E-state index is 0.0886. The molecule has 0 fully saturated rings. The molecule has 0 atom stereocenters. The zero-order valence-electron chi connectivity index (χ0n) is 14.4. The zero-order chi connectivity index (χ0) is 16.8. The number of carbonyl (C=O) groups is 1. The number of hydrogen-bond donors (Lipinski definition) is 1. The van der Waals surface area contributed by atoms with Gasteiger partial charge in [-0.05, 0) is 32.1 Å². The van der Waals surface area contributed by atoms with Crippen LogP contribution < -0.4 is 10.1 Å². The monoisotopic (exact) mass is 330 g/mol. The maximum absolute atomic E-state index is 12.2. The van der Waals surface area contributed by atoms with Crippen molar-refractivity contribution in [3.05, 3.63) is 29.2 Å². The summed E-state index contributed by atoms with van der Waals surface area (Å²) >= 11 is 0. The molecule has 2 heterocycles. The van der Waals surface area contributed by atoms with E-state index in [0.29, 0.717) is 19.0 Å². The van der Waals surface area contributed by atoms with Crippen molar-refractivity contribution in [2.45, 2.75) is 45.1 Å². The molecular formula is C18H26N4O2. The Labute approximate surface area is 143 Å². The highest BCUT2D eigenvalue weighted by molar-refractivity contribution is 5.78. The van der Waals surface area contributed by atoms with Gasteiger partial charge in [-0.2, -0.15) is 0 Å². The maximum atomic E-state index is 12.2. The van der Waals surface area contributed by atoms with Gasteiger partial charge in [0.25, 0.3) is 0 Å². The number of nitrogens with one attached hydrogen (secondary N) is 1.